The summed E-state index contributed by atoms with van der Waals surface area (Å²) in [6.45, 7) is 6.82. The average molecular weight is 290 g/mol. The lowest BCUT2D eigenvalue weighted by Crippen LogP contribution is -2.35. The van der Waals surface area contributed by atoms with E-state index in [0.717, 1.165) is 12.8 Å². The highest BCUT2D eigenvalue weighted by molar-refractivity contribution is 7.89. The summed E-state index contributed by atoms with van der Waals surface area (Å²) in [7, 11) is -3.49. The zero-order chi connectivity index (χ0) is 14.7. The van der Waals surface area contributed by atoms with Crippen LogP contribution in [0.15, 0.2) is 0 Å². The zero-order valence-electron chi connectivity index (χ0n) is 12.1. The van der Waals surface area contributed by atoms with Crippen LogP contribution in [-0.2, 0) is 14.8 Å². The molecule has 1 aliphatic carbocycles. The molecule has 0 radical (unpaired) electrons. The minimum Gasteiger partial charge on any atom is -0.355 e. The topological polar surface area (TPSA) is 89.3 Å². The number of carbonyl (C=O) groups is 1. The first-order valence-electron chi connectivity index (χ1n) is 6.84. The Morgan fingerprint density at radius 3 is 2.53 bits per heavy atom. The quantitative estimate of drug-likeness (QED) is 0.798. The summed E-state index contributed by atoms with van der Waals surface area (Å²) in [5.74, 6) is 0.767. The Morgan fingerprint density at radius 2 is 2.00 bits per heavy atom. The summed E-state index contributed by atoms with van der Waals surface area (Å²) < 4.78 is 21.5. The minimum atomic E-state index is -3.49. The van der Waals surface area contributed by atoms with Gasteiger partial charge in [0, 0.05) is 13.0 Å². The molecule has 1 rings (SSSR count). The highest BCUT2D eigenvalue weighted by atomic mass is 32.2. The molecule has 1 amide bonds. The largest absolute Gasteiger partial charge is 0.355 e. The van der Waals surface area contributed by atoms with Crippen LogP contribution < -0.4 is 10.5 Å². The smallest absolute Gasteiger partial charge is 0.220 e. The van der Waals surface area contributed by atoms with Crippen molar-refractivity contribution in [1.29, 1.82) is 0 Å². The van der Waals surface area contributed by atoms with E-state index in [0.29, 0.717) is 23.7 Å². The van der Waals surface area contributed by atoms with Crippen molar-refractivity contribution in [1.82, 2.24) is 5.32 Å². The van der Waals surface area contributed by atoms with Gasteiger partial charge >= 0.3 is 0 Å². The average Bonchev–Trinajstić information content (AvgIpc) is 2.10. The SMILES string of the molecule is C[C@@H]1C[C@@H](CC(=O)NCCS(N)(=O)=O)CC(C)(C)C1. The van der Waals surface area contributed by atoms with Gasteiger partial charge in [0.15, 0.2) is 0 Å². The highest BCUT2D eigenvalue weighted by Gasteiger charge is 2.32. The molecule has 2 atom stereocenters. The molecule has 1 saturated carbocycles. The van der Waals surface area contributed by atoms with E-state index >= 15 is 0 Å². The van der Waals surface area contributed by atoms with Gasteiger partial charge in [0.05, 0.1) is 5.75 Å². The third-order valence-corrected chi connectivity index (χ3v) is 4.43. The lowest BCUT2D eigenvalue weighted by molar-refractivity contribution is -0.122. The first-order chi connectivity index (χ1) is 8.57. The Balaban J connectivity index is 2.36. The molecule has 5 nitrogen and oxygen atoms in total. The van der Waals surface area contributed by atoms with Gasteiger partial charge in [-0.3, -0.25) is 4.79 Å². The van der Waals surface area contributed by atoms with Crippen molar-refractivity contribution in [2.75, 3.05) is 12.3 Å². The molecule has 0 aromatic carbocycles. The fourth-order valence-corrected chi connectivity index (χ4v) is 3.75. The molecule has 0 aliphatic heterocycles. The summed E-state index contributed by atoms with van der Waals surface area (Å²) in [5, 5.41) is 7.51. The Bertz CT molecular complexity index is 418. The number of nitrogens with two attached hydrogens (primary N) is 1. The summed E-state index contributed by atoms with van der Waals surface area (Å²) in [4.78, 5) is 11.8. The number of amides is 1. The fourth-order valence-electron chi connectivity index (χ4n) is 3.37. The zero-order valence-corrected chi connectivity index (χ0v) is 12.9. The monoisotopic (exact) mass is 290 g/mol. The van der Waals surface area contributed by atoms with E-state index in [-0.39, 0.29) is 18.2 Å². The summed E-state index contributed by atoms with van der Waals surface area (Å²) in [6.07, 6.45) is 3.82. The Kier molecular flexibility index (Phi) is 5.38. The molecule has 0 bridgehead atoms. The fraction of sp³-hybridized carbons (Fsp3) is 0.923. The predicted molar refractivity (Wildman–Crippen MR) is 75.9 cm³/mol. The van der Waals surface area contributed by atoms with Crippen LogP contribution in [0.3, 0.4) is 0 Å². The number of carbonyl (C=O) groups excluding carboxylic acids is 1. The molecule has 19 heavy (non-hydrogen) atoms. The summed E-state index contributed by atoms with van der Waals surface area (Å²) in [5.41, 5.74) is 0.295. The summed E-state index contributed by atoms with van der Waals surface area (Å²) >= 11 is 0. The number of nitrogens with one attached hydrogen (secondary N) is 1. The summed E-state index contributed by atoms with van der Waals surface area (Å²) in [6, 6.07) is 0. The van der Waals surface area contributed by atoms with Crippen LogP contribution in [0, 0.1) is 17.3 Å². The molecule has 1 aliphatic rings. The molecule has 3 N–H and O–H groups in total. The van der Waals surface area contributed by atoms with Crippen LogP contribution in [-0.4, -0.2) is 26.6 Å². The molecular weight excluding hydrogens is 264 g/mol. The van der Waals surface area contributed by atoms with Gasteiger partial charge in [0.2, 0.25) is 15.9 Å². The highest BCUT2D eigenvalue weighted by Crippen LogP contribution is 2.42. The minimum absolute atomic E-state index is 0.0708. The maximum atomic E-state index is 11.8. The Labute approximate surface area is 116 Å². The van der Waals surface area contributed by atoms with E-state index in [9.17, 15) is 13.2 Å². The van der Waals surface area contributed by atoms with E-state index in [4.69, 9.17) is 5.14 Å². The van der Waals surface area contributed by atoms with Crippen LogP contribution >= 0.6 is 0 Å². The van der Waals surface area contributed by atoms with E-state index in [1.807, 2.05) is 0 Å². The Hall–Kier alpha value is -0.620. The first-order valence-corrected chi connectivity index (χ1v) is 8.56. The molecule has 112 valence electrons. The van der Waals surface area contributed by atoms with Crippen LogP contribution in [0.5, 0.6) is 0 Å². The molecule has 0 saturated heterocycles. The van der Waals surface area contributed by atoms with Crippen LogP contribution in [0.2, 0.25) is 0 Å². The van der Waals surface area contributed by atoms with Gasteiger partial charge in [-0.25, -0.2) is 13.6 Å². The van der Waals surface area contributed by atoms with Gasteiger partial charge in [-0.05, 0) is 36.5 Å². The van der Waals surface area contributed by atoms with Crippen LogP contribution in [0.25, 0.3) is 0 Å². The third kappa shape index (κ3) is 6.92. The molecular formula is C13H26N2O3S. The normalized spacial score (nSPS) is 26.9. The van der Waals surface area contributed by atoms with Crippen molar-refractivity contribution in [2.24, 2.45) is 22.4 Å². The van der Waals surface area contributed by atoms with Crippen LogP contribution in [0.4, 0.5) is 0 Å². The second-order valence-electron chi connectivity index (χ2n) is 6.70. The lowest BCUT2D eigenvalue weighted by atomic mass is 9.67. The molecule has 0 spiro atoms. The van der Waals surface area contributed by atoms with Gasteiger partial charge in [-0.2, -0.15) is 0 Å². The standard InChI is InChI=1S/C13H26N2O3S/c1-10-6-11(9-13(2,3)8-10)7-12(16)15-4-5-19(14,17)18/h10-11H,4-9H2,1-3H3,(H,15,16)(H2,14,17,18)/t10-,11+/m1/s1. The number of primary sulfonamides is 1. The first kappa shape index (κ1) is 16.4. The van der Waals surface area contributed by atoms with Gasteiger partial charge in [-0.15, -0.1) is 0 Å². The van der Waals surface area contributed by atoms with E-state index in [2.05, 4.69) is 26.1 Å². The number of sulfonamides is 1. The second-order valence-corrected chi connectivity index (χ2v) is 8.43. The van der Waals surface area contributed by atoms with E-state index in [1.54, 1.807) is 0 Å². The van der Waals surface area contributed by atoms with E-state index < -0.39 is 10.0 Å². The predicted octanol–water partition coefficient (Wildman–Crippen LogP) is 1.24. The molecule has 0 heterocycles. The van der Waals surface area contributed by atoms with Crippen molar-refractivity contribution in [3.8, 4) is 0 Å². The van der Waals surface area contributed by atoms with Crippen molar-refractivity contribution in [3.63, 3.8) is 0 Å². The lowest BCUT2D eigenvalue weighted by Gasteiger charge is -2.38. The van der Waals surface area contributed by atoms with Crippen molar-refractivity contribution in [2.45, 2.75) is 46.5 Å². The van der Waals surface area contributed by atoms with Crippen molar-refractivity contribution in [3.05, 3.63) is 0 Å². The number of hydrogen-bond acceptors (Lipinski definition) is 3. The Morgan fingerprint density at radius 1 is 1.37 bits per heavy atom. The number of hydrogen-bond donors (Lipinski definition) is 2. The maximum Gasteiger partial charge on any atom is 0.220 e. The van der Waals surface area contributed by atoms with Gasteiger partial charge < -0.3 is 5.32 Å². The molecule has 0 aromatic heterocycles. The maximum absolute atomic E-state index is 11.8. The molecule has 0 unspecified atom stereocenters. The molecule has 1 fully saturated rings. The van der Waals surface area contributed by atoms with Gasteiger partial charge in [0.25, 0.3) is 0 Å². The molecule has 6 heteroatoms. The second kappa shape index (κ2) is 6.22. The third-order valence-electron chi connectivity index (χ3n) is 3.66. The molecule has 0 aromatic rings. The van der Waals surface area contributed by atoms with Crippen molar-refractivity contribution >= 4 is 15.9 Å². The van der Waals surface area contributed by atoms with Gasteiger partial charge in [-0.1, -0.05) is 20.8 Å². The van der Waals surface area contributed by atoms with Crippen LogP contribution in [0.1, 0.15) is 46.5 Å². The van der Waals surface area contributed by atoms with Gasteiger partial charge in [0.1, 0.15) is 0 Å². The van der Waals surface area contributed by atoms with E-state index in [1.165, 1.54) is 6.42 Å². The number of rotatable bonds is 5. The van der Waals surface area contributed by atoms with Crippen molar-refractivity contribution < 1.29 is 13.2 Å².